The summed E-state index contributed by atoms with van der Waals surface area (Å²) in [6.45, 7) is 1.75. The SMILES string of the molecule is CC(Sc1ncccn1)C(=O)Nc1c(Cl)cc(N)cc1Cl. The number of aromatic nitrogens is 2. The van der Waals surface area contributed by atoms with E-state index in [-0.39, 0.29) is 5.91 Å². The molecule has 0 spiro atoms. The van der Waals surface area contributed by atoms with E-state index >= 15 is 0 Å². The van der Waals surface area contributed by atoms with Crippen molar-refractivity contribution in [3.05, 3.63) is 40.6 Å². The molecule has 5 nitrogen and oxygen atoms in total. The number of nitrogens with one attached hydrogen (secondary N) is 1. The van der Waals surface area contributed by atoms with Gasteiger partial charge in [0.15, 0.2) is 5.16 Å². The van der Waals surface area contributed by atoms with Crippen molar-refractivity contribution in [2.24, 2.45) is 0 Å². The van der Waals surface area contributed by atoms with E-state index in [1.807, 2.05) is 0 Å². The summed E-state index contributed by atoms with van der Waals surface area (Å²) in [6, 6.07) is 4.77. The molecule has 1 heterocycles. The Bertz CT molecular complexity index is 631. The molecule has 110 valence electrons. The van der Waals surface area contributed by atoms with Crippen molar-refractivity contribution in [2.75, 3.05) is 11.1 Å². The largest absolute Gasteiger partial charge is 0.399 e. The summed E-state index contributed by atoms with van der Waals surface area (Å²) in [4.78, 5) is 20.3. The van der Waals surface area contributed by atoms with Crippen LogP contribution >= 0.6 is 35.0 Å². The van der Waals surface area contributed by atoms with Gasteiger partial charge in [0, 0.05) is 18.1 Å². The third-order valence-electron chi connectivity index (χ3n) is 2.51. The summed E-state index contributed by atoms with van der Waals surface area (Å²) in [7, 11) is 0. The summed E-state index contributed by atoms with van der Waals surface area (Å²) < 4.78 is 0. The second-order valence-corrected chi connectivity index (χ2v) is 6.26. The Balaban J connectivity index is 2.08. The van der Waals surface area contributed by atoms with Gasteiger partial charge in [-0.25, -0.2) is 9.97 Å². The van der Waals surface area contributed by atoms with Gasteiger partial charge in [-0.3, -0.25) is 4.79 Å². The third kappa shape index (κ3) is 4.23. The van der Waals surface area contributed by atoms with Gasteiger partial charge in [-0.1, -0.05) is 35.0 Å². The van der Waals surface area contributed by atoms with Crippen molar-refractivity contribution in [1.82, 2.24) is 9.97 Å². The summed E-state index contributed by atoms with van der Waals surface area (Å²) in [6.07, 6.45) is 3.24. The van der Waals surface area contributed by atoms with Crippen molar-refractivity contribution in [1.29, 1.82) is 0 Å². The normalized spacial score (nSPS) is 12.0. The quantitative estimate of drug-likeness (QED) is 0.505. The number of nitrogens with zero attached hydrogens (tertiary/aromatic N) is 2. The standard InChI is InChI=1S/C13H12Cl2N4OS/c1-7(21-13-17-3-2-4-18-13)12(20)19-11-9(14)5-8(16)6-10(11)15/h2-7H,16H2,1H3,(H,19,20). The third-order valence-corrected chi connectivity index (χ3v) is 4.09. The average Bonchev–Trinajstić information content (AvgIpc) is 2.43. The maximum Gasteiger partial charge on any atom is 0.237 e. The minimum absolute atomic E-state index is 0.249. The Kier molecular flexibility index (Phi) is 5.27. The highest BCUT2D eigenvalue weighted by molar-refractivity contribution is 8.00. The van der Waals surface area contributed by atoms with Crippen LogP contribution in [-0.2, 0) is 4.79 Å². The number of nitrogens with two attached hydrogens (primary N) is 1. The van der Waals surface area contributed by atoms with E-state index in [2.05, 4.69) is 15.3 Å². The van der Waals surface area contributed by atoms with Crippen LogP contribution in [0.15, 0.2) is 35.7 Å². The Morgan fingerprint density at radius 1 is 1.29 bits per heavy atom. The molecule has 0 saturated carbocycles. The fraction of sp³-hybridized carbons (Fsp3) is 0.154. The first kappa shape index (κ1) is 15.9. The van der Waals surface area contributed by atoms with Crippen LogP contribution in [0.4, 0.5) is 11.4 Å². The molecule has 2 rings (SSSR count). The van der Waals surface area contributed by atoms with Crippen LogP contribution in [0.5, 0.6) is 0 Å². The lowest BCUT2D eigenvalue weighted by molar-refractivity contribution is -0.115. The zero-order chi connectivity index (χ0) is 15.4. The summed E-state index contributed by atoms with van der Waals surface area (Å²) >= 11 is 13.3. The zero-order valence-corrected chi connectivity index (χ0v) is 13.3. The molecule has 3 N–H and O–H groups in total. The number of hydrogen-bond donors (Lipinski definition) is 2. The Morgan fingerprint density at radius 2 is 1.86 bits per heavy atom. The van der Waals surface area contributed by atoms with E-state index in [1.165, 1.54) is 23.9 Å². The Labute approximate surface area is 136 Å². The molecule has 1 aromatic heterocycles. The van der Waals surface area contributed by atoms with E-state index in [4.69, 9.17) is 28.9 Å². The molecule has 0 saturated heterocycles. The minimum atomic E-state index is -0.405. The number of nitrogen functional groups attached to an aromatic ring is 1. The van der Waals surface area contributed by atoms with Crippen molar-refractivity contribution in [3.8, 4) is 0 Å². The first-order valence-electron chi connectivity index (χ1n) is 5.96. The minimum Gasteiger partial charge on any atom is -0.399 e. The number of anilines is 2. The number of benzene rings is 1. The summed E-state index contributed by atoms with van der Waals surface area (Å²) in [5, 5.41) is 3.39. The average molecular weight is 343 g/mol. The highest BCUT2D eigenvalue weighted by Crippen LogP contribution is 2.33. The van der Waals surface area contributed by atoms with Gasteiger partial charge in [0.25, 0.3) is 0 Å². The van der Waals surface area contributed by atoms with Crippen LogP contribution in [0.3, 0.4) is 0 Å². The molecule has 0 fully saturated rings. The van der Waals surface area contributed by atoms with E-state index in [0.29, 0.717) is 26.6 Å². The molecular formula is C13H12Cl2N4OS. The first-order chi connectivity index (χ1) is 9.97. The Morgan fingerprint density at radius 3 is 2.43 bits per heavy atom. The van der Waals surface area contributed by atoms with Gasteiger partial charge in [0.05, 0.1) is 21.0 Å². The number of hydrogen-bond acceptors (Lipinski definition) is 5. The first-order valence-corrected chi connectivity index (χ1v) is 7.60. The molecule has 0 radical (unpaired) electrons. The molecule has 0 bridgehead atoms. The molecule has 21 heavy (non-hydrogen) atoms. The van der Waals surface area contributed by atoms with Crippen LogP contribution in [0.1, 0.15) is 6.92 Å². The molecular weight excluding hydrogens is 331 g/mol. The number of amides is 1. The van der Waals surface area contributed by atoms with E-state index in [0.717, 1.165) is 0 Å². The van der Waals surface area contributed by atoms with Gasteiger partial charge in [0.1, 0.15) is 0 Å². The van der Waals surface area contributed by atoms with Gasteiger partial charge < -0.3 is 11.1 Å². The number of halogens is 2. The predicted octanol–water partition coefficient (Wildman–Crippen LogP) is 3.48. The van der Waals surface area contributed by atoms with Crippen LogP contribution < -0.4 is 11.1 Å². The molecule has 1 atom stereocenters. The molecule has 1 unspecified atom stereocenters. The summed E-state index contributed by atoms with van der Waals surface area (Å²) in [5.74, 6) is -0.249. The van der Waals surface area contributed by atoms with Crippen LogP contribution in [0, 0.1) is 0 Å². The molecule has 0 aliphatic heterocycles. The molecule has 2 aromatic rings. The van der Waals surface area contributed by atoms with Crippen molar-refractivity contribution in [2.45, 2.75) is 17.3 Å². The highest BCUT2D eigenvalue weighted by Gasteiger charge is 2.18. The molecule has 8 heteroatoms. The van der Waals surface area contributed by atoms with Crippen molar-refractivity contribution in [3.63, 3.8) is 0 Å². The van der Waals surface area contributed by atoms with Gasteiger partial charge in [-0.05, 0) is 25.1 Å². The topological polar surface area (TPSA) is 80.9 Å². The molecule has 0 aliphatic rings. The Hall–Kier alpha value is -1.50. The van der Waals surface area contributed by atoms with E-state index in [1.54, 1.807) is 25.4 Å². The number of thioether (sulfide) groups is 1. The highest BCUT2D eigenvalue weighted by atomic mass is 35.5. The summed E-state index contributed by atoms with van der Waals surface area (Å²) in [5.41, 5.74) is 6.40. The van der Waals surface area contributed by atoms with Gasteiger partial charge >= 0.3 is 0 Å². The second kappa shape index (κ2) is 6.98. The fourth-order valence-corrected chi connectivity index (χ4v) is 2.82. The van der Waals surface area contributed by atoms with Gasteiger partial charge in [0.2, 0.25) is 5.91 Å². The zero-order valence-electron chi connectivity index (χ0n) is 11.0. The maximum absolute atomic E-state index is 12.2. The van der Waals surface area contributed by atoms with Gasteiger partial charge in [-0.15, -0.1) is 0 Å². The lowest BCUT2D eigenvalue weighted by Gasteiger charge is -2.13. The van der Waals surface area contributed by atoms with Crippen LogP contribution in [-0.4, -0.2) is 21.1 Å². The smallest absolute Gasteiger partial charge is 0.237 e. The monoisotopic (exact) mass is 342 g/mol. The van der Waals surface area contributed by atoms with Crippen molar-refractivity contribution < 1.29 is 4.79 Å². The van der Waals surface area contributed by atoms with Crippen LogP contribution in [0.25, 0.3) is 0 Å². The molecule has 1 aromatic carbocycles. The van der Waals surface area contributed by atoms with Gasteiger partial charge in [-0.2, -0.15) is 0 Å². The maximum atomic E-state index is 12.2. The van der Waals surface area contributed by atoms with E-state index in [9.17, 15) is 4.79 Å². The fourth-order valence-electron chi connectivity index (χ4n) is 1.49. The molecule has 0 aliphatic carbocycles. The van der Waals surface area contributed by atoms with E-state index < -0.39 is 5.25 Å². The van der Waals surface area contributed by atoms with Crippen molar-refractivity contribution >= 4 is 52.2 Å². The predicted molar refractivity (Wildman–Crippen MR) is 86.9 cm³/mol. The number of rotatable bonds is 4. The second-order valence-electron chi connectivity index (χ2n) is 4.14. The number of carbonyl (C=O) groups is 1. The number of carbonyl (C=O) groups excluding carboxylic acids is 1. The van der Waals surface area contributed by atoms with Crippen LogP contribution in [0.2, 0.25) is 10.0 Å². The lowest BCUT2D eigenvalue weighted by Crippen LogP contribution is -2.23. The lowest BCUT2D eigenvalue weighted by atomic mass is 10.2. The molecule has 1 amide bonds.